The number of fused-ring (bicyclic) bond motifs is 1. The summed E-state index contributed by atoms with van der Waals surface area (Å²) in [7, 11) is 1.63. The van der Waals surface area contributed by atoms with E-state index in [1.807, 2.05) is 30.3 Å². The predicted molar refractivity (Wildman–Crippen MR) is 82.1 cm³/mol. The zero-order valence-electron chi connectivity index (χ0n) is 12.4. The fourth-order valence-electron chi connectivity index (χ4n) is 2.61. The molecule has 1 N–H and O–H groups in total. The maximum atomic E-state index is 12.1. The first kappa shape index (κ1) is 14.4. The third kappa shape index (κ3) is 3.19. The molecule has 5 heteroatoms. The summed E-state index contributed by atoms with van der Waals surface area (Å²) in [6.45, 7) is 0.454. The van der Waals surface area contributed by atoms with E-state index in [4.69, 9.17) is 9.47 Å². The van der Waals surface area contributed by atoms with Gasteiger partial charge in [-0.25, -0.2) is 0 Å². The lowest BCUT2D eigenvalue weighted by Gasteiger charge is -2.27. The Bertz CT molecular complexity index is 658. The zero-order chi connectivity index (χ0) is 15.4. The molecule has 2 aromatic rings. The molecule has 114 valence electrons. The fourth-order valence-corrected chi connectivity index (χ4v) is 2.61. The minimum Gasteiger partial charge on any atom is -0.493 e. The topological polar surface area (TPSA) is 60.5 Å². The van der Waals surface area contributed by atoms with E-state index >= 15 is 0 Å². The molecule has 0 fully saturated rings. The third-order valence-electron chi connectivity index (χ3n) is 3.65. The number of para-hydroxylation sites is 1. The van der Waals surface area contributed by atoms with Gasteiger partial charge in [0.2, 0.25) is 5.91 Å². The van der Waals surface area contributed by atoms with Crippen molar-refractivity contribution in [2.24, 2.45) is 0 Å². The molecule has 22 heavy (non-hydrogen) atoms. The van der Waals surface area contributed by atoms with Gasteiger partial charge in [0.15, 0.2) is 11.5 Å². The SMILES string of the molecule is COc1cccc2c1OCC(NC(=O)Cc1ccncc1)C2. The number of carbonyl (C=O) groups excluding carboxylic acids is 1. The van der Waals surface area contributed by atoms with Crippen molar-refractivity contribution in [2.45, 2.75) is 18.9 Å². The van der Waals surface area contributed by atoms with Crippen LogP contribution in [0.3, 0.4) is 0 Å². The third-order valence-corrected chi connectivity index (χ3v) is 3.65. The van der Waals surface area contributed by atoms with E-state index in [0.717, 1.165) is 29.0 Å². The average molecular weight is 298 g/mol. The van der Waals surface area contributed by atoms with E-state index in [1.165, 1.54) is 0 Å². The highest BCUT2D eigenvalue weighted by atomic mass is 16.5. The molecule has 0 spiro atoms. The Balaban J connectivity index is 1.62. The molecule has 2 heterocycles. The summed E-state index contributed by atoms with van der Waals surface area (Å²) in [4.78, 5) is 16.1. The lowest BCUT2D eigenvalue weighted by molar-refractivity contribution is -0.121. The van der Waals surface area contributed by atoms with Crippen LogP contribution in [0.25, 0.3) is 0 Å². The first-order valence-electron chi connectivity index (χ1n) is 7.23. The van der Waals surface area contributed by atoms with Crippen LogP contribution < -0.4 is 14.8 Å². The van der Waals surface area contributed by atoms with Crippen LogP contribution >= 0.6 is 0 Å². The maximum Gasteiger partial charge on any atom is 0.224 e. The van der Waals surface area contributed by atoms with Gasteiger partial charge in [-0.3, -0.25) is 9.78 Å². The number of methoxy groups -OCH3 is 1. The van der Waals surface area contributed by atoms with Crippen molar-refractivity contribution < 1.29 is 14.3 Å². The highest BCUT2D eigenvalue weighted by Gasteiger charge is 2.23. The fraction of sp³-hybridized carbons (Fsp3) is 0.294. The number of rotatable bonds is 4. The van der Waals surface area contributed by atoms with Gasteiger partial charge in [-0.15, -0.1) is 0 Å². The largest absolute Gasteiger partial charge is 0.493 e. The monoisotopic (exact) mass is 298 g/mol. The molecule has 1 aliphatic rings. The number of aromatic nitrogens is 1. The molecule has 1 amide bonds. The standard InChI is InChI=1S/C17H18N2O3/c1-21-15-4-2-3-13-10-14(11-22-17(13)15)19-16(20)9-12-5-7-18-8-6-12/h2-8,14H,9-11H2,1H3,(H,19,20). The molecule has 3 rings (SSSR count). The van der Waals surface area contributed by atoms with Crippen molar-refractivity contribution in [2.75, 3.05) is 13.7 Å². The van der Waals surface area contributed by atoms with Crippen molar-refractivity contribution >= 4 is 5.91 Å². The molecule has 1 aliphatic heterocycles. The molecule has 0 radical (unpaired) electrons. The first-order chi connectivity index (χ1) is 10.8. The van der Waals surface area contributed by atoms with Crippen molar-refractivity contribution in [1.82, 2.24) is 10.3 Å². The average Bonchev–Trinajstić information content (AvgIpc) is 2.54. The molecular formula is C17H18N2O3. The van der Waals surface area contributed by atoms with Crippen molar-refractivity contribution in [3.05, 3.63) is 53.9 Å². The smallest absolute Gasteiger partial charge is 0.224 e. The van der Waals surface area contributed by atoms with Gasteiger partial charge in [0.25, 0.3) is 0 Å². The number of amides is 1. The van der Waals surface area contributed by atoms with Crippen LogP contribution in [-0.4, -0.2) is 30.6 Å². The Hall–Kier alpha value is -2.56. The van der Waals surface area contributed by atoms with Crippen LogP contribution in [0.15, 0.2) is 42.7 Å². The highest BCUT2D eigenvalue weighted by molar-refractivity contribution is 5.78. The van der Waals surface area contributed by atoms with Gasteiger partial charge in [-0.05, 0) is 30.2 Å². The predicted octanol–water partition coefficient (Wildman–Crippen LogP) is 1.75. The second-order valence-corrected chi connectivity index (χ2v) is 5.26. The normalized spacial score (nSPS) is 16.3. The second kappa shape index (κ2) is 6.47. The molecule has 0 saturated carbocycles. The van der Waals surface area contributed by atoms with Crippen molar-refractivity contribution in [1.29, 1.82) is 0 Å². The molecular weight excluding hydrogens is 280 g/mol. The molecule has 1 aromatic heterocycles. The summed E-state index contributed by atoms with van der Waals surface area (Å²) in [5.41, 5.74) is 2.01. The lowest BCUT2D eigenvalue weighted by atomic mass is 10.0. The van der Waals surface area contributed by atoms with Gasteiger partial charge >= 0.3 is 0 Å². The van der Waals surface area contributed by atoms with Gasteiger partial charge in [0.05, 0.1) is 19.6 Å². The lowest BCUT2D eigenvalue weighted by Crippen LogP contribution is -2.43. The van der Waals surface area contributed by atoms with E-state index in [9.17, 15) is 4.79 Å². The number of benzene rings is 1. The minimum absolute atomic E-state index is 0.00820. The Kier molecular flexibility index (Phi) is 4.23. The van der Waals surface area contributed by atoms with Crippen LogP contribution in [-0.2, 0) is 17.6 Å². The number of nitrogens with zero attached hydrogens (tertiary/aromatic N) is 1. The minimum atomic E-state index is -0.0195. The summed E-state index contributed by atoms with van der Waals surface area (Å²) in [6, 6.07) is 9.48. The first-order valence-corrected chi connectivity index (χ1v) is 7.23. The molecule has 5 nitrogen and oxygen atoms in total. The number of pyridine rings is 1. The van der Waals surface area contributed by atoms with E-state index < -0.39 is 0 Å². The molecule has 1 unspecified atom stereocenters. The molecule has 1 atom stereocenters. The Morgan fingerprint density at radius 1 is 1.36 bits per heavy atom. The van der Waals surface area contributed by atoms with Crippen LogP contribution in [0.4, 0.5) is 0 Å². The van der Waals surface area contributed by atoms with E-state index in [-0.39, 0.29) is 11.9 Å². The molecule has 1 aromatic carbocycles. The number of carbonyl (C=O) groups is 1. The van der Waals surface area contributed by atoms with Gasteiger partial charge in [-0.2, -0.15) is 0 Å². The van der Waals surface area contributed by atoms with Crippen LogP contribution in [0.2, 0.25) is 0 Å². The van der Waals surface area contributed by atoms with Gasteiger partial charge in [0, 0.05) is 18.0 Å². The van der Waals surface area contributed by atoms with E-state index in [0.29, 0.717) is 13.0 Å². The van der Waals surface area contributed by atoms with Gasteiger partial charge in [-0.1, -0.05) is 12.1 Å². The van der Waals surface area contributed by atoms with Crippen molar-refractivity contribution in [3.8, 4) is 11.5 Å². The van der Waals surface area contributed by atoms with E-state index in [2.05, 4.69) is 10.3 Å². The molecule has 0 saturated heterocycles. The quantitative estimate of drug-likeness (QED) is 0.934. The van der Waals surface area contributed by atoms with Crippen LogP contribution in [0.5, 0.6) is 11.5 Å². The van der Waals surface area contributed by atoms with Crippen LogP contribution in [0.1, 0.15) is 11.1 Å². The van der Waals surface area contributed by atoms with Crippen LogP contribution in [0, 0.1) is 0 Å². The van der Waals surface area contributed by atoms with Gasteiger partial charge in [0.1, 0.15) is 6.61 Å². The number of nitrogens with one attached hydrogen (secondary N) is 1. The number of hydrogen-bond donors (Lipinski definition) is 1. The summed E-state index contributed by atoms with van der Waals surface area (Å²) in [5, 5.41) is 3.02. The Morgan fingerprint density at radius 2 is 2.18 bits per heavy atom. The summed E-state index contributed by atoms with van der Waals surface area (Å²) >= 11 is 0. The number of hydrogen-bond acceptors (Lipinski definition) is 4. The zero-order valence-corrected chi connectivity index (χ0v) is 12.4. The Morgan fingerprint density at radius 3 is 2.95 bits per heavy atom. The summed E-state index contributed by atoms with van der Waals surface area (Å²) in [5.74, 6) is 1.51. The van der Waals surface area contributed by atoms with E-state index in [1.54, 1.807) is 19.5 Å². The highest BCUT2D eigenvalue weighted by Crippen LogP contribution is 2.34. The molecule has 0 aliphatic carbocycles. The second-order valence-electron chi connectivity index (χ2n) is 5.26. The molecule has 0 bridgehead atoms. The van der Waals surface area contributed by atoms with Gasteiger partial charge < -0.3 is 14.8 Å². The summed E-state index contributed by atoms with van der Waals surface area (Å²) < 4.78 is 11.0. The Labute approximate surface area is 129 Å². The van der Waals surface area contributed by atoms with Crippen molar-refractivity contribution in [3.63, 3.8) is 0 Å². The number of ether oxygens (including phenoxy) is 2. The summed E-state index contributed by atoms with van der Waals surface area (Å²) in [6.07, 6.45) is 4.47. The maximum absolute atomic E-state index is 12.1.